The standard InChI is InChI=1S/C18H20N4OS/c1-11-6-7-14-13(8-11)16-17(22-14)18(20-10-19-16)24-9-15(23)21-12-4-2-3-5-12/h6-8,10,12,22H,2-5,9H2,1H3,(H,21,23). The van der Waals surface area contributed by atoms with Gasteiger partial charge in [0.1, 0.15) is 16.9 Å². The Balaban J connectivity index is 1.55. The van der Waals surface area contributed by atoms with Crippen molar-refractivity contribution in [2.24, 2.45) is 0 Å². The number of hydrogen-bond donors (Lipinski definition) is 2. The first-order valence-electron chi connectivity index (χ1n) is 8.36. The molecule has 2 heterocycles. The van der Waals surface area contributed by atoms with Crippen LogP contribution in [-0.4, -0.2) is 32.7 Å². The molecule has 1 aliphatic rings. The monoisotopic (exact) mass is 340 g/mol. The van der Waals surface area contributed by atoms with Gasteiger partial charge in [-0.3, -0.25) is 4.79 Å². The molecule has 2 N–H and O–H groups in total. The Morgan fingerprint density at radius 3 is 3.00 bits per heavy atom. The zero-order valence-electron chi connectivity index (χ0n) is 13.6. The minimum absolute atomic E-state index is 0.0885. The Labute approximate surface area is 144 Å². The van der Waals surface area contributed by atoms with Crippen molar-refractivity contribution in [2.45, 2.75) is 43.7 Å². The predicted octanol–water partition coefficient (Wildman–Crippen LogP) is 3.57. The van der Waals surface area contributed by atoms with Crippen LogP contribution < -0.4 is 5.32 Å². The molecule has 5 nitrogen and oxygen atoms in total. The molecule has 24 heavy (non-hydrogen) atoms. The number of aryl methyl sites for hydroxylation is 1. The first-order chi connectivity index (χ1) is 11.7. The molecule has 0 spiro atoms. The van der Waals surface area contributed by atoms with E-state index < -0.39 is 0 Å². The smallest absolute Gasteiger partial charge is 0.230 e. The van der Waals surface area contributed by atoms with Crippen LogP contribution in [0.25, 0.3) is 21.9 Å². The summed E-state index contributed by atoms with van der Waals surface area (Å²) >= 11 is 1.47. The number of aromatic nitrogens is 3. The van der Waals surface area contributed by atoms with Gasteiger partial charge in [0.15, 0.2) is 0 Å². The molecule has 3 aromatic rings. The molecular formula is C18H20N4OS. The molecule has 4 rings (SSSR count). The van der Waals surface area contributed by atoms with Crippen molar-refractivity contribution in [2.75, 3.05) is 5.75 Å². The molecule has 1 amide bonds. The van der Waals surface area contributed by atoms with Crippen LogP contribution in [-0.2, 0) is 4.79 Å². The number of aromatic amines is 1. The second-order valence-corrected chi connectivity index (χ2v) is 7.38. The highest BCUT2D eigenvalue weighted by molar-refractivity contribution is 8.00. The van der Waals surface area contributed by atoms with Crippen molar-refractivity contribution in [3.63, 3.8) is 0 Å². The zero-order chi connectivity index (χ0) is 16.5. The largest absolute Gasteiger partial charge is 0.353 e. The number of thioether (sulfide) groups is 1. The molecule has 1 aliphatic carbocycles. The van der Waals surface area contributed by atoms with Gasteiger partial charge in [0.2, 0.25) is 5.91 Å². The normalized spacial score (nSPS) is 15.4. The number of carbonyl (C=O) groups excluding carboxylic acids is 1. The molecule has 0 atom stereocenters. The van der Waals surface area contributed by atoms with Crippen molar-refractivity contribution in [1.29, 1.82) is 0 Å². The van der Waals surface area contributed by atoms with E-state index in [-0.39, 0.29) is 5.91 Å². The summed E-state index contributed by atoms with van der Waals surface area (Å²) in [5, 5.41) is 5.05. The highest BCUT2D eigenvalue weighted by atomic mass is 32.2. The van der Waals surface area contributed by atoms with Gasteiger partial charge in [-0.25, -0.2) is 9.97 Å². The topological polar surface area (TPSA) is 70.7 Å². The SMILES string of the molecule is Cc1ccc2[nH]c3c(SCC(=O)NC4CCCC4)ncnc3c2c1. The maximum Gasteiger partial charge on any atom is 0.230 e. The third kappa shape index (κ3) is 2.98. The lowest BCUT2D eigenvalue weighted by molar-refractivity contribution is -0.119. The number of carbonyl (C=O) groups is 1. The molecule has 2 aromatic heterocycles. The van der Waals surface area contributed by atoms with Crippen LogP contribution >= 0.6 is 11.8 Å². The van der Waals surface area contributed by atoms with Crippen LogP contribution in [0.1, 0.15) is 31.2 Å². The van der Waals surface area contributed by atoms with Gasteiger partial charge >= 0.3 is 0 Å². The van der Waals surface area contributed by atoms with Gasteiger partial charge in [-0.2, -0.15) is 0 Å². The fraction of sp³-hybridized carbons (Fsp3) is 0.389. The minimum Gasteiger partial charge on any atom is -0.353 e. The zero-order valence-corrected chi connectivity index (χ0v) is 14.4. The third-order valence-electron chi connectivity index (χ3n) is 4.56. The summed E-state index contributed by atoms with van der Waals surface area (Å²) in [7, 11) is 0. The molecule has 1 saturated carbocycles. The van der Waals surface area contributed by atoms with E-state index in [1.54, 1.807) is 6.33 Å². The Morgan fingerprint density at radius 2 is 2.17 bits per heavy atom. The van der Waals surface area contributed by atoms with E-state index in [4.69, 9.17) is 0 Å². The van der Waals surface area contributed by atoms with Gasteiger partial charge in [0.25, 0.3) is 0 Å². The molecule has 1 fully saturated rings. The fourth-order valence-corrected chi connectivity index (χ4v) is 4.13. The Kier molecular flexibility index (Phi) is 4.14. The number of hydrogen-bond acceptors (Lipinski definition) is 4. The molecular weight excluding hydrogens is 320 g/mol. The molecule has 1 aromatic carbocycles. The van der Waals surface area contributed by atoms with E-state index in [0.717, 1.165) is 39.8 Å². The van der Waals surface area contributed by atoms with Crippen molar-refractivity contribution < 1.29 is 4.79 Å². The Hall–Kier alpha value is -2.08. The molecule has 124 valence electrons. The van der Waals surface area contributed by atoms with Crippen LogP contribution in [0.3, 0.4) is 0 Å². The first-order valence-corrected chi connectivity index (χ1v) is 9.34. The molecule has 0 unspecified atom stereocenters. The van der Waals surface area contributed by atoms with Crippen LogP contribution in [0.15, 0.2) is 29.6 Å². The lowest BCUT2D eigenvalue weighted by Crippen LogP contribution is -2.33. The molecule has 0 radical (unpaired) electrons. The van der Waals surface area contributed by atoms with Gasteiger partial charge < -0.3 is 10.3 Å². The van der Waals surface area contributed by atoms with Gasteiger partial charge in [-0.15, -0.1) is 0 Å². The third-order valence-corrected chi connectivity index (χ3v) is 5.55. The summed E-state index contributed by atoms with van der Waals surface area (Å²) in [5.41, 5.74) is 4.08. The lowest BCUT2D eigenvalue weighted by Gasteiger charge is -2.11. The first kappa shape index (κ1) is 15.4. The van der Waals surface area contributed by atoms with Crippen LogP contribution in [0.5, 0.6) is 0 Å². The van der Waals surface area contributed by atoms with E-state index in [9.17, 15) is 4.79 Å². The van der Waals surface area contributed by atoms with Gasteiger partial charge in [0.05, 0.1) is 11.3 Å². The molecule has 0 aliphatic heterocycles. The summed E-state index contributed by atoms with van der Waals surface area (Å²) in [6.07, 6.45) is 6.23. The van der Waals surface area contributed by atoms with Crippen molar-refractivity contribution >= 4 is 39.6 Å². The van der Waals surface area contributed by atoms with Crippen LogP contribution in [0.2, 0.25) is 0 Å². The number of rotatable bonds is 4. The molecule has 0 bridgehead atoms. The number of H-pyrrole nitrogens is 1. The average molecular weight is 340 g/mol. The highest BCUT2D eigenvalue weighted by Crippen LogP contribution is 2.30. The molecule has 0 saturated heterocycles. The summed E-state index contributed by atoms with van der Waals surface area (Å²) in [5.74, 6) is 0.474. The maximum absolute atomic E-state index is 12.1. The second-order valence-electron chi connectivity index (χ2n) is 6.41. The quantitative estimate of drug-likeness (QED) is 0.563. The van der Waals surface area contributed by atoms with Gasteiger partial charge in [-0.1, -0.05) is 36.2 Å². The summed E-state index contributed by atoms with van der Waals surface area (Å²) in [6.45, 7) is 2.07. The van der Waals surface area contributed by atoms with Crippen molar-refractivity contribution in [3.8, 4) is 0 Å². The number of nitrogens with zero attached hydrogens (tertiary/aromatic N) is 2. The van der Waals surface area contributed by atoms with Crippen LogP contribution in [0, 0.1) is 6.92 Å². The summed E-state index contributed by atoms with van der Waals surface area (Å²) in [6, 6.07) is 6.63. The average Bonchev–Trinajstić information content (AvgIpc) is 3.20. The van der Waals surface area contributed by atoms with Gasteiger partial charge in [0, 0.05) is 16.9 Å². The maximum atomic E-state index is 12.1. The van der Waals surface area contributed by atoms with Crippen molar-refractivity contribution in [1.82, 2.24) is 20.3 Å². The van der Waals surface area contributed by atoms with E-state index in [1.807, 2.05) is 0 Å². The number of fused-ring (bicyclic) bond motifs is 3. The van der Waals surface area contributed by atoms with E-state index in [2.05, 4.69) is 45.4 Å². The van der Waals surface area contributed by atoms with E-state index >= 15 is 0 Å². The van der Waals surface area contributed by atoms with E-state index in [1.165, 1.54) is 30.2 Å². The fourth-order valence-electron chi connectivity index (χ4n) is 3.37. The summed E-state index contributed by atoms with van der Waals surface area (Å²) < 4.78 is 0. The summed E-state index contributed by atoms with van der Waals surface area (Å²) in [4.78, 5) is 24.3. The van der Waals surface area contributed by atoms with Gasteiger partial charge in [-0.05, 0) is 31.9 Å². The van der Waals surface area contributed by atoms with Crippen LogP contribution in [0.4, 0.5) is 0 Å². The Bertz CT molecular complexity index is 899. The lowest BCUT2D eigenvalue weighted by atomic mass is 10.2. The number of amides is 1. The number of nitrogens with one attached hydrogen (secondary N) is 2. The highest BCUT2D eigenvalue weighted by Gasteiger charge is 2.18. The van der Waals surface area contributed by atoms with E-state index in [0.29, 0.717) is 11.8 Å². The Morgan fingerprint density at radius 1 is 1.33 bits per heavy atom. The van der Waals surface area contributed by atoms with Crippen molar-refractivity contribution in [3.05, 3.63) is 30.1 Å². The molecule has 6 heteroatoms. The second kappa shape index (κ2) is 6.43. The minimum atomic E-state index is 0.0885. The number of benzene rings is 1. The predicted molar refractivity (Wildman–Crippen MR) is 97.3 cm³/mol.